The van der Waals surface area contributed by atoms with Crippen molar-refractivity contribution >= 4 is 21.6 Å². The van der Waals surface area contributed by atoms with Gasteiger partial charge in [-0.05, 0) is 62.7 Å². The van der Waals surface area contributed by atoms with E-state index in [1.807, 2.05) is 45.0 Å². The summed E-state index contributed by atoms with van der Waals surface area (Å²) < 4.78 is 44.6. The zero-order valence-electron chi connectivity index (χ0n) is 21.1. The van der Waals surface area contributed by atoms with E-state index < -0.39 is 22.5 Å². The van der Waals surface area contributed by atoms with E-state index >= 15 is 0 Å². The molecule has 0 aliphatic rings. The van der Waals surface area contributed by atoms with Crippen LogP contribution in [0.5, 0.6) is 17.2 Å². The summed E-state index contributed by atoms with van der Waals surface area (Å²) in [7, 11) is -1.24. The van der Waals surface area contributed by atoms with Gasteiger partial charge in [-0.15, -0.1) is 0 Å². The molecule has 0 saturated carbocycles. The highest BCUT2D eigenvalue weighted by molar-refractivity contribution is 7.92. The summed E-state index contributed by atoms with van der Waals surface area (Å²) in [5, 5.41) is 2.90. The van der Waals surface area contributed by atoms with Gasteiger partial charge in [0.1, 0.15) is 12.3 Å². The molecule has 9 heteroatoms. The topological polar surface area (TPSA) is 94.2 Å². The molecule has 0 spiro atoms. The van der Waals surface area contributed by atoms with Crippen LogP contribution in [0.25, 0.3) is 0 Å². The predicted molar refractivity (Wildman–Crippen MR) is 139 cm³/mol. The third kappa shape index (κ3) is 6.28. The Kier molecular flexibility index (Phi) is 8.82. The maximum absolute atomic E-state index is 13.8. The summed E-state index contributed by atoms with van der Waals surface area (Å²) in [6, 6.07) is 18.4. The summed E-state index contributed by atoms with van der Waals surface area (Å²) in [6.07, 6.45) is 0. The molecule has 0 radical (unpaired) electrons. The maximum atomic E-state index is 13.8. The lowest BCUT2D eigenvalue weighted by molar-refractivity contribution is -0.120. The van der Waals surface area contributed by atoms with Gasteiger partial charge in [0, 0.05) is 6.07 Å². The average molecular weight is 513 g/mol. The summed E-state index contributed by atoms with van der Waals surface area (Å²) in [5.41, 5.74) is 2.36. The number of methoxy groups -OCH3 is 2. The number of amides is 1. The smallest absolute Gasteiger partial charge is 0.264 e. The van der Waals surface area contributed by atoms with Crippen LogP contribution < -0.4 is 23.8 Å². The molecule has 1 N–H and O–H groups in total. The highest BCUT2D eigenvalue weighted by atomic mass is 32.2. The third-order valence-electron chi connectivity index (χ3n) is 5.62. The van der Waals surface area contributed by atoms with E-state index in [0.717, 1.165) is 15.4 Å². The van der Waals surface area contributed by atoms with E-state index in [2.05, 4.69) is 5.32 Å². The molecule has 3 aromatic rings. The van der Waals surface area contributed by atoms with Crippen LogP contribution in [-0.2, 0) is 14.8 Å². The molecule has 192 valence electrons. The molecule has 0 bridgehead atoms. The first-order chi connectivity index (χ1) is 17.2. The van der Waals surface area contributed by atoms with Crippen molar-refractivity contribution < 1.29 is 27.4 Å². The van der Waals surface area contributed by atoms with Crippen LogP contribution in [0.3, 0.4) is 0 Å². The fourth-order valence-electron chi connectivity index (χ4n) is 3.65. The Bertz CT molecular complexity index is 1270. The van der Waals surface area contributed by atoms with E-state index in [9.17, 15) is 13.2 Å². The highest BCUT2D eigenvalue weighted by Gasteiger charge is 2.29. The molecule has 0 saturated heterocycles. The molecular weight excluding hydrogens is 480 g/mol. The number of nitrogens with one attached hydrogen (secondary N) is 1. The lowest BCUT2D eigenvalue weighted by Gasteiger charge is -2.25. The fraction of sp³-hybridized carbons (Fsp3) is 0.296. The van der Waals surface area contributed by atoms with Gasteiger partial charge in [0.05, 0.1) is 37.5 Å². The predicted octanol–water partition coefficient (Wildman–Crippen LogP) is 4.48. The first-order valence-electron chi connectivity index (χ1n) is 11.5. The Balaban J connectivity index is 1.94. The number of sulfonamides is 1. The van der Waals surface area contributed by atoms with Gasteiger partial charge < -0.3 is 19.5 Å². The Labute approximate surface area is 212 Å². The number of carbonyl (C=O) groups is 1. The second-order valence-corrected chi connectivity index (χ2v) is 10.0. The second-order valence-electron chi connectivity index (χ2n) is 8.16. The summed E-state index contributed by atoms with van der Waals surface area (Å²) in [4.78, 5) is 13.0. The monoisotopic (exact) mass is 512 g/mol. The van der Waals surface area contributed by atoms with E-state index in [-0.39, 0.29) is 16.7 Å². The standard InChI is InChI=1S/C27H32N2O6S/c1-6-35-23-13-11-22(12-14-23)29(18-27(30)28-20(3)21-9-7-19(2)8-10-21)36(31,32)24-15-16-25(33-4)26(17-24)34-5/h7-17,20H,6,18H2,1-5H3,(H,28,30)/t20-/m1/s1. The van der Waals surface area contributed by atoms with Crippen molar-refractivity contribution in [3.63, 3.8) is 0 Å². The van der Waals surface area contributed by atoms with Gasteiger partial charge in [0.2, 0.25) is 5.91 Å². The quantitative estimate of drug-likeness (QED) is 0.407. The Morgan fingerprint density at radius 2 is 1.58 bits per heavy atom. The molecule has 0 fully saturated rings. The van der Waals surface area contributed by atoms with Crippen LogP contribution in [-0.4, -0.2) is 41.7 Å². The summed E-state index contributed by atoms with van der Waals surface area (Å²) in [6.45, 7) is 5.77. The van der Waals surface area contributed by atoms with Crippen LogP contribution in [0.15, 0.2) is 71.6 Å². The number of hydrogen-bond donors (Lipinski definition) is 1. The van der Waals surface area contributed by atoms with Crippen molar-refractivity contribution in [2.24, 2.45) is 0 Å². The number of carbonyl (C=O) groups excluding carboxylic acids is 1. The largest absolute Gasteiger partial charge is 0.494 e. The first kappa shape index (κ1) is 26.9. The Morgan fingerprint density at radius 1 is 0.944 bits per heavy atom. The molecule has 1 atom stereocenters. The van der Waals surface area contributed by atoms with Crippen LogP contribution in [0, 0.1) is 6.92 Å². The van der Waals surface area contributed by atoms with Gasteiger partial charge in [-0.1, -0.05) is 29.8 Å². The lowest BCUT2D eigenvalue weighted by Crippen LogP contribution is -2.41. The SMILES string of the molecule is CCOc1ccc(N(CC(=O)N[C@H](C)c2ccc(C)cc2)S(=O)(=O)c2ccc(OC)c(OC)c2)cc1. The van der Waals surface area contributed by atoms with Gasteiger partial charge >= 0.3 is 0 Å². The minimum absolute atomic E-state index is 0.0339. The molecule has 0 aromatic heterocycles. The van der Waals surface area contributed by atoms with Gasteiger partial charge in [-0.2, -0.15) is 0 Å². The van der Waals surface area contributed by atoms with E-state index in [1.54, 1.807) is 24.3 Å². The van der Waals surface area contributed by atoms with Gasteiger partial charge in [0.25, 0.3) is 10.0 Å². The fourth-order valence-corrected chi connectivity index (χ4v) is 5.09. The average Bonchev–Trinajstić information content (AvgIpc) is 2.87. The number of rotatable bonds is 11. The molecule has 3 rings (SSSR count). The van der Waals surface area contributed by atoms with E-state index in [4.69, 9.17) is 14.2 Å². The van der Waals surface area contributed by atoms with Crippen molar-refractivity contribution in [3.8, 4) is 17.2 Å². The second kappa shape index (κ2) is 11.8. The number of anilines is 1. The molecule has 1 amide bonds. The molecule has 36 heavy (non-hydrogen) atoms. The third-order valence-corrected chi connectivity index (χ3v) is 7.39. The van der Waals surface area contributed by atoms with Crippen LogP contribution in [0.2, 0.25) is 0 Å². The van der Waals surface area contributed by atoms with Crippen molar-refractivity contribution in [1.29, 1.82) is 0 Å². The van der Waals surface area contributed by atoms with Crippen molar-refractivity contribution in [2.75, 3.05) is 31.7 Å². The van der Waals surface area contributed by atoms with Crippen molar-refractivity contribution in [1.82, 2.24) is 5.32 Å². The number of benzene rings is 3. The molecule has 0 aliphatic heterocycles. The minimum atomic E-state index is -4.14. The maximum Gasteiger partial charge on any atom is 0.264 e. The molecule has 3 aromatic carbocycles. The molecule has 0 unspecified atom stereocenters. The lowest BCUT2D eigenvalue weighted by atomic mass is 10.1. The number of aryl methyl sites for hydroxylation is 1. The van der Waals surface area contributed by atoms with Gasteiger partial charge in [-0.3, -0.25) is 9.10 Å². The van der Waals surface area contributed by atoms with Crippen LogP contribution >= 0.6 is 0 Å². The van der Waals surface area contributed by atoms with Crippen molar-refractivity contribution in [2.45, 2.75) is 31.7 Å². The summed E-state index contributed by atoms with van der Waals surface area (Å²) >= 11 is 0. The Morgan fingerprint density at radius 3 is 2.17 bits per heavy atom. The first-order valence-corrected chi connectivity index (χ1v) is 13.0. The number of hydrogen-bond acceptors (Lipinski definition) is 6. The van der Waals surface area contributed by atoms with E-state index in [1.165, 1.54) is 32.4 Å². The normalized spacial score (nSPS) is 11.9. The highest BCUT2D eigenvalue weighted by Crippen LogP contribution is 2.32. The van der Waals surface area contributed by atoms with Crippen LogP contribution in [0.4, 0.5) is 5.69 Å². The molecule has 8 nitrogen and oxygen atoms in total. The van der Waals surface area contributed by atoms with E-state index in [0.29, 0.717) is 23.8 Å². The van der Waals surface area contributed by atoms with Crippen molar-refractivity contribution in [3.05, 3.63) is 77.9 Å². The molecule has 0 heterocycles. The molecular formula is C27H32N2O6S. The zero-order chi connectivity index (χ0) is 26.3. The minimum Gasteiger partial charge on any atom is -0.494 e. The van der Waals surface area contributed by atoms with Crippen LogP contribution in [0.1, 0.15) is 31.0 Å². The summed E-state index contributed by atoms with van der Waals surface area (Å²) in [5.74, 6) is 0.819. The zero-order valence-corrected chi connectivity index (χ0v) is 22.0. The van der Waals surface area contributed by atoms with Gasteiger partial charge in [-0.25, -0.2) is 8.42 Å². The molecule has 0 aliphatic carbocycles. The number of ether oxygens (including phenoxy) is 3. The van der Waals surface area contributed by atoms with Gasteiger partial charge in [0.15, 0.2) is 11.5 Å². The number of nitrogens with zero attached hydrogens (tertiary/aromatic N) is 1. The Hall–Kier alpha value is -3.72.